The maximum Gasteiger partial charge on any atom is 0.254 e. The molecule has 1 saturated carbocycles. The molecular weight excluding hydrogens is 368 g/mol. The highest BCUT2D eigenvalue weighted by atomic mass is 32.2. The van der Waals surface area contributed by atoms with Crippen LogP contribution in [0.2, 0.25) is 0 Å². The topological polar surface area (TPSA) is 43.3 Å². The minimum Gasteiger partial charge on any atom is -0.376 e. The van der Waals surface area contributed by atoms with Gasteiger partial charge in [-0.15, -0.1) is 0 Å². The molecule has 1 aliphatic heterocycles. The van der Waals surface area contributed by atoms with Crippen molar-refractivity contribution < 1.29 is 4.74 Å². The van der Waals surface area contributed by atoms with Gasteiger partial charge in [-0.2, -0.15) is 0 Å². The van der Waals surface area contributed by atoms with Gasteiger partial charge in [0.2, 0.25) is 0 Å². The van der Waals surface area contributed by atoms with Crippen LogP contribution < -0.4 is 10.3 Å². The minimum atomic E-state index is 0.0814. The Bertz CT molecular complexity index is 680. The molecule has 0 amide bonds. The molecule has 0 aromatic carbocycles. The van der Waals surface area contributed by atoms with Gasteiger partial charge in [0, 0.05) is 23.1 Å². The van der Waals surface area contributed by atoms with Gasteiger partial charge in [0.1, 0.15) is 0 Å². The standard InChI is InChI=1S/C23H38N2O2S/c1-5-17-7-11-19(12-8-17)27-15-22-21(24-28-6-2)14-10-18-9-13-20(16(3)4)23(26)25(18)22/h9,13,16-17,19,21-22,24H,5-8,10-12,14-15H2,1-4H3. The van der Waals surface area contributed by atoms with Crippen LogP contribution in [0.1, 0.15) is 89.4 Å². The Morgan fingerprint density at radius 2 is 1.93 bits per heavy atom. The quantitative estimate of drug-likeness (QED) is 0.612. The average Bonchev–Trinajstić information content (AvgIpc) is 2.71. The van der Waals surface area contributed by atoms with E-state index in [2.05, 4.69) is 43.1 Å². The van der Waals surface area contributed by atoms with Crippen molar-refractivity contribution in [3.63, 3.8) is 0 Å². The number of nitrogens with one attached hydrogen (secondary N) is 1. The molecule has 5 heteroatoms. The van der Waals surface area contributed by atoms with Gasteiger partial charge in [-0.25, -0.2) is 0 Å². The zero-order chi connectivity index (χ0) is 20.1. The lowest BCUT2D eigenvalue weighted by molar-refractivity contribution is -0.00682. The van der Waals surface area contributed by atoms with Crippen LogP contribution in [0, 0.1) is 5.92 Å². The predicted molar refractivity (Wildman–Crippen MR) is 119 cm³/mol. The monoisotopic (exact) mass is 406 g/mol. The van der Waals surface area contributed by atoms with Crippen LogP contribution in [0.3, 0.4) is 0 Å². The number of rotatable bonds is 8. The molecule has 1 aliphatic carbocycles. The van der Waals surface area contributed by atoms with Gasteiger partial charge in [0.15, 0.2) is 0 Å². The molecule has 0 bridgehead atoms. The first-order valence-electron chi connectivity index (χ1n) is 11.3. The number of hydrogen-bond acceptors (Lipinski definition) is 4. The highest BCUT2D eigenvalue weighted by Crippen LogP contribution is 2.31. The Morgan fingerprint density at radius 1 is 1.18 bits per heavy atom. The molecule has 158 valence electrons. The second-order valence-corrected chi connectivity index (χ2v) is 9.86. The molecule has 1 aromatic heterocycles. The fourth-order valence-corrected chi connectivity index (χ4v) is 5.41. The summed E-state index contributed by atoms with van der Waals surface area (Å²) in [4.78, 5) is 13.3. The summed E-state index contributed by atoms with van der Waals surface area (Å²) in [5, 5.41) is 0. The van der Waals surface area contributed by atoms with Crippen molar-refractivity contribution in [3.05, 3.63) is 33.7 Å². The van der Waals surface area contributed by atoms with E-state index in [1.165, 1.54) is 32.1 Å². The van der Waals surface area contributed by atoms with Gasteiger partial charge in [0.05, 0.1) is 18.8 Å². The summed E-state index contributed by atoms with van der Waals surface area (Å²) >= 11 is 1.75. The number of pyridine rings is 1. The number of aromatic nitrogens is 1. The summed E-state index contributed by atoms with van der Waals surface area (Å²) in [5.41, 5.74) is 2.27. The summed E-state index contributed by atoms with van der Waals surface area (Å²) in [5.74, 6) is 2.15. The van der Waals surface area contributed by atoms with Crippen molar-refractivity contribution in [2.45, 2.75) is 96.7 Å². The first-order chi connectivity index (χ1) is 13.5. The van der Waals surface area contributed by atoms with E-state index in [-0.39, 0.29) is 23.6 Å². The van der Waals surface area contributed by atoms with E-state index in [1.54, 1.807) is 11.9 Å². The molecule has 3 rings (SSSR count). The third-order valence-corrected chi connectivity index (χ3v) is 7.37. The molecule has 28 heavy (non-hydrogen) atoms. The lowest BCUT2D eigenvalue weighted by atomic mass is 9.86. The third kappa shape index (κ3) is 5.03. The molecule has 2 aliphatic rings. The predicted octanol–water partition coefficient (Wildman–Crippen LogP) is 5.07. The number of nitrogens with zero attached hydrogens (tertiary/aromatic N) is 1. The van der Waals surface area contributed by atoms with Crippen LogP contribution in [0.15, 0.2) is 16.9 Å². The highest BCUT2D eigenvalue weighted by Gasteiger charge is 2.32. The lowest BCUT2D eigenvalue weighted by Gasteiger charge is -2.37. The van der Waals surface area contributed by atoms with Crippen molar-refractivity contribution in [1.82, 2.24) is 9.29 Å². The van der Waals surface area contributed by atoms with Gasteiger partial charge in [-0.1, -0.05) is 52.1 Å². The van der Waals surface area contributed by atoms with Crippen LogP contribution in [0.5, 0.6) is 0 Å². The van der Waals surface area contributed by atoms with Crippen LogP contribution in [-0.4, -0.2) is 29.1 Å². The van der Waals surface area contributed by atoms with Crippen LogP contribution in [-0.2, 0) is 11.2 Å². The smallest absolute Gasteiger partial charge is 0.254 e. The van der Waals surface area contributed by atoms with E-state index >= 15 is 0 Å². The third-order valence-electron chi connectivity index (χ3n) is 6.61. The Kier molecular flexibility index (Phi) is 8.07. The molecule has 4 nitrogen and oxygen atoms in total. The molecule has 0 radical (unpaired) electrons. The van der Waals surface area contributed by atoms with Gasteiger partial charge >= 0.3 is 0 Å². The number of hydrogen-bond donors (Lipinski definition) is 1. The zero-order valence-electron chi connectivity index (χ0n) is 18.1. The fourth-order valence-electron chi connectivity index (χ4n) is 4.75. The largest absolute Gasteiger partial charge is 0.376 e. The number of aryl methyl sites for hydroxylation is 1. The Balaban J connectivity index is 1.79. The van der Waals surface area contributed by atoms with Gasteiger partial charge in [0.25, 0.3) is 5.56 Å². The summed E-state index contributed by atoms with van der Waals surface area (Å²) in [6.07, 6.45) is 8.56. The van der Waals surface area contributed by atoms with Crippen LogP contribution in [0.4, 0.5) is 0 Å². The molecule has 0 spiro atoms. The first-order valence-corrected chi connectivity index (χ1v) is 12.3. The molecule has 2 unspecified atom stereocenters. The summed E-state index contributed by atoms with van der Waals surface area (Å²) in [6, 6.07) is 4.57. The second kappa shape index (κ2) is 10.3. The molecule has 2 atom stereocenters. The van der Waals surface area contributed by atoms with Crippen molar-refractivity contribution >= 4 is 11.9 Å². The van der Waals surface area contributed by atoms with Crippen LogP contribution >= 0.6 is 11.9 Å². The molecule has 2 heterocycles. The minimum absolute atomic E-state index is 0.0814. The Labute approximate surface area is 175 Å². The van der Waals surface area contributed by atoms with E-state index in [9.17, 15) is 4.79 Å². The van der Waals surface area contributed by atoms with E-state index in [0.29, 0.717) is 12.7 Å². The van der Waals surface area contributed by atoms with Crippen molar-refractivity contribution in [1.29, 1.82) is 0 Å². The maximum atomic E-state index is 13.3. The first kappa shape index (κ1) is 21.9. The second-order valence-electron chi connectivity index (χ2n) is 8.76. The summed E-state index contributed by atoms with van der Waals surface area (Å²) in [6.45, 7) is 9.30. The highest BCUT2D eigenvalue weighted by molar-refractivity contribution is 7.97. The lowest BCUT2D eigenvalue weighted by Crippen LogP contribution is -2.47. The van der Waals surface area contributed by atoms with E-state index in [4.69, 9.17) is 4.74 Å². The molecule has 0 saturated heterocycles. The summed E-state index contributed by atoms with van der Waals surface area (Å²) in [7, 11) is 0. The normalized spacial score (nSPS) is 27.8. The van der Waals surface area contributed by atoms with Gasteiger partial charge in [-0.05, 0) is 56.4 Å². The van der Waals surface area contributed by atoms with E-state index in [0.717, 1.165) is 35.8 Å². The van der Waals surface area contributed by atoms with Crippen LogP contribution in [0.25, 0.3) is 0 Å². The summed E-state index contributed by atoms with van der Waals surface area (Å²) < 4.78 is 12.1. The van der Waals surface area contributed by atoms with Crippen molar-refractivity contribution in [2.24, 2.45) is 5.92 Å². The molecular formula is C23H38N2O2S. The van der Waals surface area contributed by atoms with E-state index in [1.807, 2.05) is 6.07 Å². The van der Waals surface area contributed by atoms with Gasteiger partial charge in [-0.3, -0.25) is 9.52 Å². The number of ether oxygens (including phenoxy) is 1. The van der Waals surface area contributed by atoms with Crippen molar-refractivity contribution in [3.8, 4) is 0 Å². The van der Waals surface area contributed by atoms with Gasteiger partial charge < -0.3 is 9.30 Å². The molecule has 1 N–H and O–H groups in total. The zero-order valence-corrected chi connectivity index (χ0v) is 18.9. The fraction of sp³-hybridized carbons (Fsp3) is 0.783. The molecule has 1 aromatic rings. The maximum absolute atomic E-state index is 13.3. The van der Waals surface area contributed by atoms with Crippen molar-refractivity contribution in [2.75, 3.05) is 12.4 Å². The Hall–Kier alpha value is -0.780. The average molecular weight is 407 g/mol. The Morgan fingerprint density at radius 3 is 2.57 bits per heavy atom. The van der Waals surface area contributed by atoms with E-state index < -0.39 is 0 Å². The SMILES string of the molecule is CCSNC1CCc2ccc(C(C)C)c(=O)n2C1COC1CCC(CC)CC1. The number of fused-ring (bicyclic) bond motifs is 1. The molecule has 1 fully saturated rings.